The molecular formula is C109H181Cl3IN27O9S. The first-order valence-corrected chi connectivity index (χ1v) is 54.0. The van der Waals surface area contributed by atoms with Crippen LogP contribution in [0, 0.1) is 5.41 Å². The summed E-state index contributed by atoms with van der Waals surface area (Å²) in [5.74, 6) is 1.12. The van der Waals surface area contributed by atoms with E-state index in [2.05, 4.69) is 202 Å². The number of amides is 4. The van der Waals surface area contributed by atoms with Crippen LogP contribution in [0.4, 0.5) is 39.7 Å². The van der Waals surface area contributed by atoms with Crippen molar-refractivity contribution in [3.63, 3.8) is 0 Å². The van der Waals surface area contributed by atoms with Gasteiger partial charge in [-0.1, -0.05) is 248 Å². The number of nitrogen functional groups attached to an aromatic ring is 6. The van der Waals surface area contributed by atoms with Gasteiger partial charge in [-0.2, -0.15) is 0 Å². The number of aromatic nitrogens is 6. The molecule has 0 fully saturated rings. The molecule has 150 heavy (non-hydrogen) atoms. The number of nitrogens with two attached hydrogens (primary N) is 10. The number of ether oxygens (including phenoxy) is 5. The average Bonchev–Trinajstić information content (AvgIpc) is 0.839. The number of carbonyl (C=O) groups excluding carboxylic acids is 4. The molecule has 41 heteroatoms. The molecule has 0 bridgehead atoms. The predicted molar refractivity (Wildman–Crippen MR) is 637 cm³/mol. The van der Waals surface area contributed by atoms with Crippen molar-refractivity contribution in [2.75, 3.05) is 178 Å². The van der Waals surface area contributed by atoms with Crippen molar-refractivity contribution >= 4 is 146 Å². The number of nitrogens with zero attached hydrogens (tertiary/aromatic N) is 12. The molecule has 0 spiro atoms. The number of rotatable bonds is 64. The molecule has 3 aromatic heterocycles. The summed E-state index contributed by atoms with van der Waals surface area (Å²) in [6.45, 7) is 34.6. The number of alkyl carbamates (subject to hydrolysis) is 1. The van der Waals surface area contributed by atoms with Gasteiger partial charge in [-0.3, -0.25) is 60.0 Å². The van der Waals surface area contributed by atoms with Gasteiger partial charge in [-0.15, -0.1) is 24.0 Å². The zero-order valence-corrected chi connectivity index (χ0v) is 93.5. The van der Waals surface area contributed by atoms with Crippen LogP contribution in [-0.4, -0.2) is 234 Å². The summed E-state index contributed by atoms with van der Waals surface area (Å²) in [4.78, 5) is 88.6. The fourth-order valence-electron chi connectivity index (χ4n) is 14.2. The van der Waals surface area contributed by atoms with Crippen LogP contribution in [-0.2, 0) is 37.0 Å². The number of nitrogens with one attached hydrogen (secondary N) is 5. The van der Waals surface area contributed by atoms with E-state index >= 15 is 0 Å². The molecule has 0 saturated carbocycles. The maximum atomic E-state index is 12.3. The highest BCUT2D eigenvalue weighted by molar-refractivity contribution is 14.0. The second-order valence-corrected chi connectivity index (χ2v) is 36.8. The van der Waals surface area contributed by atoms with Gasteiger partial charge in [0.25, 0.3) is 17.7 Å². The van der Waals surface area contributed by atoms with Crippen LogP contribution in [0.25, 0.3) is 0 Å². The highest BCUT2D eigenvalue weighted by Crippen LogP contribution is 2.24. The van der Waals surface area contributed by atoms with Gasteiger partial charge in [0.2, 0.25) is 0 Å². The van der Waals surface area contributed by atoms with Gasteiger partial charge in [0, 0.05) is 45.8 Å². The topological polar surface area (TPSA) is 562 Å². The number of anilines is 6. The van der Waals surface area contributed by atoms with E-state index in [0.29, 0.717) is 52.5 Å². The maximum Gasteiger partial charge on any atom is 0.407 e. The summed E-state index contributed by atoms with van der Waals surface area (Å²) in [6.07, 6.45) is 31.5. The fraction of sp³-hybridized carbons (Fsp3) is 0.550. The second-order valence-electron chi connectivity index (χ2n) is 34.9. The molecule has 0 aliphatic heterocycles. The van der Waals surface area contributed by atoms with Crippen molar-refractivity contribution < 1.29 is 42.9 Å². The Labute approximate surface area is 931 Å². The molecule has 0 aliphatic carbocycles. The SMILES string of the molecule is C.C.C.CCCCCc1ccc(OCCN(CCCC)CCCC)cc1.CCCCN(CCCC)CCOc1ccc(CCCCN=C(N)NC(=O)c2nc(Cl)c(N)nc2N)cc1.CCCCN(CCCC)CCOc1ccc(CCCCNC(=O)OCc2ccccc2)cc1.CSC(=N)NC(=O)c1nc(Cl)c(N)nc1N.I.NCCCN(CCCN)CCOc1ccc(CCCCN=C(N)NC(=O)c2nc(Cl)c(N)nc2N)cc1. The standard InChI is InChI=1S/C28H42N2O3.C26H41ClN8O2.C24H39ClN10O2.C21H37NO.C7H9ClN6OS.3CH4.HI/c1-3-5-20-30(21-6-4-2)22-23-32-27-17-15-25(16-18-27)12-10-11-19-29-28(31)33-24-26-13-8-7-9-14-26;1-3-5-15-35(16-6-4-2)17-18-37-20-12-10-19(11-13-20)9-7-8-14-31-26(30)34-25(36)21-23(28)33-24(29)22(27)32-21;25-20-22(29)33-21(28)19(32-20)23(36)34-24(30)31-12-2-1-5-17-6-8-18(9-7-17)37-16-15-35(13-3-10-26)14-4-11-27;1-4-7-10-11-20-12-14-21(15-13-20)23-19-18-22(16-8-5-2)17-9-6-3;1-16-7(11)14-6(15)2-4(9)13-5(10)3(8)12-2;;;;/h7-9,13-18H,3-6,10-12,19-24H2,1-2H3,(H,29,31);10-13H,3-9,14-18H2,1-2H3,(H4,28,29,33)(H3,30,31,34,36);6-9H,1-5,10-16,26-27H2,(H4,28,29,33)(H3,30,31,34,36);12-15H,4-11,16-19H2,1-3H3;1H3,(H4,9,10,13)(H2,11,14,15);3*1H4;1H. The first kappa shape index (κ1) is 139. The third-order valence-electron chi connectivity index (χ3n) is 22.8. The van der Waals surface area contributed by atoms with E-state index < -0.39 is 17.7 Å². The summed E-state index contributed by atoms with van der Waals surface area (Å²) in [5, 5.41) is 16.9. The lowest BCUT2D eigenvalue weighted by molar-refractivity contribution is 0.0964. The normalized spacial score (nSPS) is 10.9. The van der Waals surface area contributed by atoms with Gasteiger partial charge in [-0.25, -0.2) is 34.7 Å². The Kier molecular flexibility index (Phi) is 80.7. The number of aryl methyl sites for hydroxylation is 4. The Morgan fingerprint density at radius 1 is 0.353 bits per heavy atom. The number of hydrogen-bond donors (Lipinski definition) is 15. The zero-order valence-electron chi connectivity index (χ0n) is 88.0. The molecular weight excluding hydrogens is 2100 g/mol. The Bertz CT molecular complexity index is 4790. The molecule has 8 aromatic rings. The minimum Gasteiger partial charge on any atom is -0.492 e. The summed E-state index contributed by atoms with van der Waals surface area (Å²) in [6, 6.07) is 43.2. The van der Waals surface area contributed by atoms with Crippen LogP contribution < -0.4 is 97.6 Å². The van der Waals surface area contributed by atoms with Gasteiger partial charge in [0.05, 0.1) is 0 Å². The zero-order chi connectivity index (χ0) is 107. The summed E-state index contributed by atoms with van der Waals surface area (Å²) >= 11 is 18.3. The molecule has 4 amide bonds. The molecule has 25 N–H and O–H groups in total. The number of halogens is 4. The summed E-state index contributed by atoms with van der Waals surface area (Å²) in [7, 11) is 0. The Morgan fingerprint density at radius 3 is 0.907 bits per heavy atom. The molecule has 0 unspecified atom stereocenters. The van der Waals surface area contributed by atoms with Crippen molar-refractivity contribution in [2.24, 2.45) is 32.9 Å². The smallest absolute Gasteiger partial charge is 0.407 e. The van der Waals surface area contributed by atoms with Crippen molar-refractivity contribution in [2.45, 2.75) is 251 Å². The number of thioether (sulfide) groups is 1. The Balaban J connectivity index is 0.00000188. The van der Waals surface area contributed by atoms with Gasteiger partial charge in [0.1, 0.15) is 56.0 Å². The van der Waals surface area contributed by atoms with Gasteiger partial charge >= 0.3 is 6.09 Å². The van der Waals surface area contributed by atoms with E-state index in [1.54, 1.807) is 6.26 Å². The van der Waals surface area contributed by atoms with Crippen LogP contribution in [0.5, 0.6) is 23.0 Å². The lowest BCUT2D eigenvalue weighted by Crippen LogP contribution is -2.38. The first-order valence-electron chi connectivity index (χ1n) is 51.7. The monoisotopic (exact) mass is 2280 g/mol. The molecule has 0 radical (unpaired) electrons. The first-order chi connectivity index (χ1) is 70.6. The number of aliphatic imine (C=N–C) groups is 2. The van der Waals surface area contributed by atoms with E-state index in [1.807, 2.05) is 54.6 Å². The van der Waals surface area contributed by atoms with Crippen molar-refractivity contribution in [3.05, 3.63) is 188 Å². The predicted octanol–water partition coefficient (Wildman–Crippen LogP) is 19.1. The highest BCUT2D eigenvalue weighted by Gasteiger charge is 2.22. The van der Waals surface area contributed by atoms with Crippen molar-refractivity contribution in [1.29, 1.82) is 5.41 Å². The summed E-state index contributed by atoms with van der Waals surface area (Å²) < 4.78 is 29.0. The minimum absolute atomic E-state index is 0. The lowest BCUT2D eigenvalue weighted by Gasteiger charge is -2.22. The molecule has 8 rings (SSSR count). The van der Waals surface area contributed by atoms with Gasteiger partial charge in [-0.05, 0) is 270 Å². The van der Waals surface area contributed by atoms with E-state index in [4.69, 9.17) is 121 Å². The van der Waals surface area contributed by atoms with Crippen LogP contribution in [0.2, 0.25) is 15.5 Å². The molecule has 36 nitrogen and oxygen atoms in total. The molecule has 3 heterocycles. The summed E-state index contributed by atoms with van der Waals surface area (Å²) in [5.41, 5.74) is 61.7. The van der Waals surface area contributed by atoms with Crippen molar-refractivity contribution in [3.8, 4) is 23.0 Å². The third kappa shape index (κ3) is 63.0. The molecule has 840 valence electrons. The Hall–Kier alpha value is -10.7. The van der Waals surface area contributed by atoms with Crippen LogP contribution >= 0.6 is 70.5 Å². The number of benzene rings is 5. The van der Waals surface area contributed by atoms with E-state index in [9.17, 15) is 19.2 Å². The number of unbranched alkanes of at least 4 members (excludes halogenated alkanes) is 11. The van der Waals surface area contributed by atoms with Crippen molar-refractivity contribution in [1.82, 2.24) is 70.8 Å². The number of amidine groups is 1. The number of hydrogen-bond acceptors (Lipinski definition) is 31. The van der Waals surface area contributed by atoms with Crippen LogP contribution in [0.3, 0.4) is 0 Å². The second kappa shape index (κ2) is 86.8. The number of carbonyl (C=O) groups is 4. The average molecular weight is 2280 g/mol. The molecule has 0 atom stereocenters. The lowest BCUT2D eigenvalue weighted by atomic mass is 10.1. The number of guanidine groups is 2. The maximum absolute atomic E-state index is 12.3. The van der Waals surface area contributed by atoms with E-state index in [1.165, 1.54) is 151 Å². The fourth-order valence-corrected chi connectivity index (χ4v) is 14.8. The largest absolute Gasteiger partial charge is 0.492 e. The van der Waals surface area contributed by atoms with E-state index in [0.717, 1.165) is 177 Å². The molecule has 5 aromatic carbocycles. The minimum atomic E-state index is -0.658. The van der Waals surface area contributed by atoms with Crippen LogP contribution in [0.1, 0.15) is 278 Å². The van der Waals surface area contributed by atoms with E-state index in [-0.39, 0.29) is 137 Å². The third-order valence-corrected chi connectivity index (χ3v) is 24.1. The highest BCUT2D eigenvalue weighted by atomic mass is 127. The quantitative estimate of drug-likeness (QED) is 0.00728. The van der Waals surface area contributed by atoms with Crippen LogP contribution in [0.15, 0.2) is 137 Å². The molecule has 0 saturated heterocycles. The van der Waals surface area contributed by atoms with Gasteiger partial charge in [0.15, 0.2) is 84.5 Å². The molecule has 0 aliphatic rings. The Morgan fingerprint density at radius 2 is 0.627 bits per heavy atom. The van der Waals surface area contributed by atoms with Gasteiger partial charge < -0.3 is 91.7 Å².